The number of thiazole rings is 1. The van der Waals surface area contributed by atoms with Gasteiger partial charge in [-0.05, 0) is 12.8 Å². The van der Waals surface area contributed by atoms with Gasteiger partial charge in [-0.2, -0.15) is 0 Å². The summed E-state index contributed by atoms with van der Waals surface area (Å²) in [6, 6.07) is 0. The lowest BCUT2D eigenvalue weighted by atomic mass is 10.2. The first kappa shape index (κ1) is 6.31. The van der Waals surface area contributed by atoms with E-state index in [0.717, 1.165) is 18.7 Å². The predicted molar refractivity (Wildman–Crippen MR) is 38.9 cm³/mol. The van der Waals surface area contributed by atoms with E-state index < -0.39 is 0 Å². The lowest BCUT2D eigenvalue weighted by Gasteiger charge is -2.02. The molecule has 0 aliphatic carbocycles. The molecular formula is C7H8NOS. The number of hydrogen-bond acceptors (Lipinski definition) is 3. The van der Waals surface area contributed by atoms with Gasteiger partial charge in [0.05, 0.1) is 5.69 Å². The molecule has 0 N–H and O–H groups in total. The number of ether oxygens (including phenoxy) is 1. The van der Waals surface area contributed by atoms with Gasteiger partial charge in [-0.25, -0.2) is 4.98 Å². The molecule has 1 saturated heterocycles. The van der Waals surface area contributed by atoms with Crippen LogP contribution in [-0.4, -0.2) is 11.6 Å². The average Bonchev–Trinajstić information content (AvgIpc) is 2.59. The highest BCUT2D eigenvalue weighted by Gasteiger charge is 2.18. The first-order chi connectivity index (χ1) is 4.97. The summed E-state index contributed by atoms with van der Waals surface area (Å²) in [4.78, 5) is 4.07. The molecule has 0 spiro atoms. The van der Waals surface area contributed by atoms with Crippen LogP contribution in [0.15, 0.2) is 5.38 Å². The molecule has 1 aliphatic rings. The van der Waals surface area contributed by atoms with Crippen LogP contribution < -0.4 is 0 Å². The van der Waals surface area contributed by atoms with Gasteiger partial charge in [-0.15, -0.1) is 11.3 Å². The zero-order chi connectivity index (χ0) is 6.81. The second-order valence-corrected chi connectivity index (χ2v) is 3.02. The third-order valence-electron chi connectivity index (χ3n) is 1.67. The molecule has 1 unspecified atom stereocenters. The highest BCUT2D eigenvalue weighted by Crippen LogP contribution is 2.27. The Hall–Kier alpha value is -0.410. The maximum absolute atomic E-state index is 5.42. The summed E-state index contributed by atoms with van der Waals surface area (Å²) in [5.74, 6) is 0. The van der Waals surface area contributed by atoms with E-state index in [9.17, 15) is 0 Å². The van der Waals surface area contributed by atoms with E-state index in [2.05, 4.69) is 10.5 Å². The van der Waals surface area contributed by atoms with Gasteiger partial charge in [0.1, 0.15) is 6.10 Å². The minimum absolute atomic E-state index is 0.266. The third kappa shape index (κ3) is 1.07. The second-order valence-electron chi connectivity index (χ2n) is 2.37. The van der Waals surface area contributed by atoms with Crippen molar-refractivity contribution in [1.29, 1.82) is 0 Å². The molecule has 2 rings (SSSR count). The van der Waals surface area contributed by atoms with Crippen molar-refractivity contribution in [3.05, 3.63) is 16.6 Å². The first-order valence-electron chi connectivity index (χ1n) is 3.40. The Balaban J connectivity index is 2.12. The summed E-state index contributed by atoms with van der Waals surface area (Å²) in [6.45, 7) is 0.891. The van der Waals surface area contributed by atoms with Gasteiger partial charge in [0.2, 0.25) is 0 Å². The van der Waals surface area contributed by atoms with Crippen molar-refractivity contribution in [3.8, 4) is 0 Å². The Bertz CT molecular complexity index is 191. The maximum Gasteiger partial charge on any atom is 0.152 e. The first-order valence-corrected chi connectivity index (χ1v) is 4.28. The number of nitrogens with zero attached hydrogens (tertiary/aromatic N) is 1. The van der Waals surface area contributed by atoms with Gasteiger partial charge in [0, 0.05) is 12.0 Å². The Morgan fingerprint density at radius 3 is 3.40 bits per heavy atom. The Morgan fingerprint density at radius 2 is 2.80 bits per heavy atom. The van der Waals surface area contributed by atoms with Crippen molar-refractivity contribution in [2.75, 3.05) is 6.61 Å². The van der Waals surface area contributed by atoms with E-state index in [1.54, 1.807) is 0 Å². The molecule has 0 bridgehead atoms. The van der Waals surface area contributed by atoms with E-state index >= 15 is 0 Å². The van der Waals surface area contributed by atoms with Crippen molar-refractivity contribution in [2.45, 2.75) is 18.9 Å². The quantitative estimate of drug-likeness (QED) is 0.615. The van der Waals surface area contributed by atoms with Crippen molar-refractivity contribution in [3.63, 3.8) is 0 Å². The molecule has 1 aromatic heterocycles. The fourth-order valence-corrected chi connectivity index (χ4v) is 1.69. The fourth-order valence-electron chi connectivity index (χ4n) is 1.15. The second kappa shape index (κ2) is 2.68. The molecular weight excluding hydrogens is 146 g/mol. The zero-order valence-corrected chi connectivity index (χ0v) is 6.36. The van der Waals surface area contributed by atoms with Gasteiger partial charge >= 0.3 is 0 Å². The topological polar surface area (TPSA) is 22.1 Å². The molecule has 2 nitrogen and oxygen atoms in total. The monoisotopic (exact) mass is 154 g/mol. The summed E-state index contributed by atoms with van der Waals surface area (Å²) in [6.07, 6.45) is 2.56. The summed E-state index contributed by atoms with van der Waals surface area (Å²) < 4.78 is 5.42. The molecule has 53 valence electrons. The molecule has 0 saturated carbocycles. The van der Waals surface area contributed by atoms with Gasteiger partial charge in [-0.1, -0.05) is 0 Å². The Labute approximate surface area is 63.9 Å². The van der Waals surface area contributed by atoms with E-state index in [4.69, 9.17) is 4.74 Å². The third-order valence-corrected chi connectivity index (χ3v) is 2.22. The van der Waals surface area contributed by atoms with Gasteiger partial charge < -0.3 is 4.74 Å². The van der Waals surface area contributed by atoms with Crippen LogP contribution in [0.5, 0.6) is 0 Å². The molecule has 10 heavy (non-hydrogen) atoms. The fraction of sp³-hybridized carbons (Fsp3) is 0.571. The average molecular weight is 154 g/mol. The lowest BCUT2D eigenvalue weighted by Crippen LogP contribution is -1.94. The molecule has 0 amide bonds. The minimum atomic E-state index is 0.266. The van der Waals surface area contributed by atoms with Crippen molar-refractivity contribution < 1.29 is 4.74 Å². The largest absolute Gasteiger partial charge is 0.372 e. The van der Waals surface area contributed by atoms with Crippen LogP contribution >= 0.6 is 11.3 Å². The van der Waals surface area contributed by atoms with E-state index in [-0.39, 0.29) is 6.10 Å². The Morgan fingerprint density at radius 1 is 1.80 bits per heavy atom. The predicted octanol–water partition coefficient (Wildman–Crippen LogP) is 1.79. The molecule has 1 atom stereocenters. The molecule has 1 radical (unpaired) electrons. The van der Waals surface area contributed by atoms with Crippen LogP contribution in [0.4, 0.5) is 0 Å². The van der Waals surface area contributed by atoms with Crippen LogP contribution in [0, 0.1) is 5.51 Å². The summed E-state index contributed by atoms with van der Waals surface area (Å²) in [5.41, 5.74) is 3.88. The van der Waals surface area contributed by atoms with Crippen LogP contribution in [0.1, 0.15) is 24.6 Å². The molecule has 3 heteroatoms. The number of hydrogen-bond donors (Lipinski definition) is 0. The molecule has 2 heterocycles. The van der Waals surface area contributed by atoms with Crippen molar-refractivity contribution in [2.24, 2.45) is 0 Å². The van der Waals surface area contributed by atoms with E-state index in [0.29, 0.717) is 0 Å². The van der Waals surface area contributed by atoms with E-state index in [1.165, 1.54) is 17.8 Å². The zero-order valence-electron chi connectivity index (χ0n) is 5.54. The highest BCUT2D eigenvalue weighted by atomic mass is 32.1. The van der Waals surface area contributed by atoms with Gasteiger partial charge in [-0.3, -0.25) is 0 Å². The van der Waals surface area contributed by atoms with Crippen molar-refractivity contribution in [1.82, 2.24) is 4.98 Å². The molecule has 0 aromatic carbocycles. The maximum atomic E-state index is 5.42. The van der Waals surface area contributed by atoms with Crippen LogP contribution in [0.25, 0.3) is 0 Å². The smallest absolute Gasteiger partial charge is 0.152 e. The van der Waals surface area contributed by atoms with Gasteiger partial charge in [0.15, 0.2) is 5.51 Å². The number of aromatic nitrogens is 1. The minimum Gasteiger partial charge on any atom is -0.372 e. The van der Waals surface area contributed by atoms with Crippen molar-refractivity contribution >= 4 is 11.3 Å². The molecule has 1 fully saturated rings. The summed E-state index contributed by atoms with van der Waals surface area (Å²) >= 11 is 1.51. The summed E-state index contributed by atoms with van der Waals surface area (Å²) in [7, 11) is 0. The van der Waals surface area contributed by atoms with Crippen LogP contribution in [0.3, 0.4) is 0 Å². The highest BCUT2D eigenvalue weighted by molar-refractivity contribution is 7.07. The number of rotatable bonds is 1. The SMILES string of the molecule is [c]1nc(C2CCCO2)cs1. The normalized spacial score (nSPS) is 25.4. The Kier molecular flexibility index (Phi) is 1.69. The standard InChI is InChI=1S/C7H8NOS/c1-2-7(9-3-1)6-4-10-5-8-6/h4,7H,1-3H2. The lowest BCUT2D eigenvalue weighted by molar-refractivity contribution is 0.109. The van der Waals surface area contributed by atoms with Crippen LogP contribution in [0.2, 0.25) is 0 Å². The van der Waals surface area contributed by atoms with E-state index in [1.807, 2.05) is 5.38 Å². The van der Waals surface area contributed by atoms with Gasteiger partial charge in [0.25, 0.3) is 0 Å². The molecule has 1 aromatic rings. The van der Waals surface area contributed by atoms with Crippen LogP contribution in [-0.2, 0) is 4.74 Å². The summed E-state index contributed by atoms with van der Waals surface area (Å²) in [5, 5.41) is 2.01. The molecule has 1 aliphatic heterocycles.